The normalized spacial score (nSPS) is 14.6. The summed E-state index contributed by atoms with van der Waals surface area (Å²) in [5.74, 6) is 0.830. The van der Waals surface area contributed by atoms with E-state index in [1.165, 1.54) is 18.5 Å². The number of benzene rings is 1. The molecule has 1 aliphatic heterocycles. The number of guanidine groups is 1. The maximum Gasteiger partial charge on any atom is 0.242 e. The van der Waals surface area contributed by atoms with Gasteiger partial charge in [-0.3, -0.25) is 9.79 Å². The second kappa shape index (κ2) is 12.8. The van der Waals surface area contributed by atoms with Gasteiger partial charge in [-0.2, -0.15) is 0 Å². The van der Waals surface area contributed by atoms with Crippen LogP contribution >= 0.6 is 24.0 Å². The first-order valence-corrected chi connectivity index (χ1v) is 9.27. The number of anilines is 1. The highest BCUT2D eigenvalue weighted by molar-refractivity contribution is 14.0. The van der Waals surface area contributed by atoms with E-state index in [9.17, 15) is 4.79 Å². The third-order valence-electron chi connectivity index (χ3n) is 4.46. The Balaban J connectivity index is 0.00000338. The van der Waals surface area contributed by atoms with Gasteiger partial charge in [0.2, 0.25) is 5.91 Å². The summed E-state index contributed by atoms with van der Waals surface area (Å²) in [6.07, 6.45) is 3.52. The van der Waals surface area contributed by atoms with Crippen molar-refractivity contribution in [2.45, 2.75) is 26.2 Å². The van der Waals surface area contributed by atoms with Crippen LogP contribution in [0, 0.1) is 0 Å². The van der Waals surface area contributed by atoms with Crippen LogP contribution in [-0.4, -0.2) is 63.1 Å². The standard InChI is InChI=1S/C19H31N5O.HI/c1-3-4-8-11-21-19(20-2)22-16-18(25)24-14-12-23(13-15-24)17-9-6-5-7-10-17;/h5-7,9-10H,3-4,8,11-16H2,1-2H3,(H2,20,21,22);1H. The number of nitrogens with one attached hydrogen (secondary N) is 2. The fourth-order valence-electron chi connectivity index (χ4n) is 2.93. The molecule has 0 spiro atoms. The summed E-state index contributed by atoms with van der Waals surface area (Å²) in [6.45, 7) is 6.63. The molecule has 26 heavy (non-hydrogen) atoms. The molecule has 1 heterocycles. The van der Waals surface area contributed by atoms with E-state index in [0.717, 1.165) is 39.1 Å². The number of carbonyl (C=O) groups is 1. The van der Waals surface area contributed by atoms with Crippen molar-refractivity contribution in [2.75, 3.05) is 51.2 Å². The molecule has 0 radical (unpaired) electrons. The molecule has 0 unspecified atom stereocenters. The van der Waals surface area contributed by atoms with E-state index >= 15 is 0 Å². The summed E-state index contributed by atoms with van der Waals surface area (Å²) in [4.78, 5) is 20.8. The van der Waals surface area contributed by atoms with Gasteiger partial charge in [-0.05, 0) is 18.6 Å². The van der Waals surface area contributed by atoms with E-state index in [-0.39, 0.29) is 29.9 Å². The SMILES string of the molecule is CCCCCNC(=NC)NCC(=O)N1CCN(c2ccccc2)CC1.I. The summed E-state index contributed by atoms with van der Waals surface area (Å²) >= 11 is 0. The lowest BCUT2D eigenvalue weighted by Crippen LogP contribution is -2.52. The number of carbonyl (C=O) groups excluding carboxylic acids is 1. The van der Waals surface area contributed by atoms with Gasteiger partial charge in [0.05, 0.1) is 6.54 Å². The quantitative estimate of drug-likeness (QED) is 0.276. The minimum atomic E-state index is 0. The van der Waals surface area contributed by atoms with Gasteiger partial charge in [0.25, 0.3) is 0 Å². The second-order valence-corrected chi connectivity index (χ2v) is 6.26. The highest BCUT2D eigenvalue weighted by Gasteiger charge is 2.21. The zero-order valence-electron chi connectivity index (χ0n) is 15.9. The molecule has 7 heteroatoms. The van der Waals surface area contributed by atoms with E-state index < -0.39 is 0 Å². The topological polar surface area (TPSA) is 60.0 Å². The summed E-state index contributed by atoms with van der Waals surface area (Å²) in [5, 5.41) is 6.37. The zero-order valence-corrected chi connectivity index (χ0v) is 18.2. The van der Waals surface area contributed by atoms with Gasteiger partial charge >= 0.3 is 0 Å². The number of hydrogen-bond acceptors (Lipinski definition) is 3. The first-order valence-electron chi connectivity index (χ1n) is 9.27. The molecule has 2 N–H and O–H groups in total. The molecule has 0 aromatic heterocycles. The summed E-state index contributed by atoms with van der Waals surface area (Å²) in [5.41, 5.74) is 1.23. The van der Waals surface area contributed by atoms with Crippen LogP contribution in [-0.2, 0) is 4.79 Å². The molecule has 1 aromatic carbocycles. The van der Waals surface area contributed by atoms with Gasteiger partial charge in [-0.1, -0.05) is 38.0 Å². The number of rotatable bonds is 7. The molecule has 1 amide bonds. The van der Waals surface area contributed by atoms with Crippen molar-refractivity contribution in [3.05, 3.63) is 30.3 Å². The number of amides is 1. The van der Waals surface area contributed by atoms with Crippen LogP contribution < -0.4 is 15.5 Å². The van der Waals surface area contributed by atoms with Gasteiger partial charge in [0.1, 0.15) is 0 Å². The number of hydrogen-bond donors (Lipinski definition) is 2. The molecule has 0 saturated carbocycles. The Morgan fingerprint density at radius 2 is 1.77 bits per heavy atom. The highest BCUT2D eigenvalue weighted by Crippen LogP contribution is 2.15. The number of piperazine rings is 1. The number of nitrogens with zero attached hydrogens (tertiary/aromatic N) is 3. The molecule has 1 saturated heterocycles. The zero-order chi connectivity index (χ0) is 17.9. The Hall–Kier alpha value is -1.51. The van der Waals surface area contributed by atoms with Crippen molar-refractivity contribution in [1.29, 1.82) is 0 Å². The molecule has 146 valence electrons. The Labute approximate surface area is 174 Å². The van der Waals surface area contributed by atoms with Crippen molar-refractivity contribution in [2.24, 2.45) is 4.99 Å². The first-order chi connectivity index (χ1) is 12.2. The van der Waals surface area contributed by atoms with Crippen LogP contribution in [0.25, 0.3) is 0 Å². The van der Waals surface area contributed by atoms with Crippen LogP contribution in [0.5, 0.6) is 0 Å². The van der Waals surface area contributed by atoms with E-state index in [2.05, 4.69) is 51.7 Å². The maximum atomic E-state index is 12.4. The molecular formula is C19H32IN5O. The highest BCUT2D eigenvalue weighted by atomic mass is 127. The molecule has 1 aromatic rings. The fourth-order valence-corrected chi connectivity index (χ4v) is 2.93. The lowest BCUT2D eigenvalue weighted by Gasteiger charge is -2.36. The molecule has 0 atom stereocenters. The predicted molar refractivity (Wildman–Crippen MR) is 120 cm³/mol. The maximum absolute atomic E-state index is 12.4. The smallest absolute Gasteiger partial charge is 0.242 e. The van der Waals surface area contributed by atoms with Crippen molar-refractivity contribution in [3.8, 4) is 0 Å². The van der Waals surface area contributed by atoms with Gasteiger partial charge < -0.3 is 20.4 Å². The predicted octanol–water partition coefficient (Wildman–Crippen LogP) is 2.31. The third kappa shape index (κ3) is 7.39. The molecule has 1 fully saturated rings. The molecule has 0 bridgehead atoms. The van der Waals surface area contributed by atoms with Crippen molar-refractivity contribution >= 4 is 41.5 Å². The average molecular weight is 473 g/mol. The minimum Gasteiger partial charge on any atom is -0.368 e. The Bertz CT molecular complexity index is 544. The van der Waals surface area contributed by atoms with E-state index in [1.807, 2.05) is 11.0 Å². The molecule has 1 aliphatic rings. The van der Waals surface area contributed by atoms with Gasteiger partial charge in [0.15, 0.2) is 5.96 Å². The Kier molecular flexibility index (Phi) is 11.1. The van der Waals surface area contributed by atoms with Crippen molar-refractivity contribution < 1.29 is 4.79 Å². The van der Waals surface area contributed by atoms with Crippen LogP contribution in [0.4, 0.5) is 5.69 Å². The third-order valence-corrected chi connectivity index (χ3v) is 4.46. The van der Waals surface area contributed by atoms with Gasteiger partial charge in [-0.15, -0.1) is 24.0 Å². The Morgan fingerprint density at radius 3 is 2.38 bits per heavy atom. The lowest BCUT2D eigenvalue weighted by atomic mass is 10.2. The van der Waals surface area contributed by atoms with E-state index in [0.29, 0.717) is 12.5 Å². The summed E-state index contributed by atoms with van der Waals surface area (Å²) in [7, 11) is 1.73. The van der Waals surface area contributed by atoms with Crippen LogP contribution in [0.2, 0.25) is 0 Å². The number of aliphatic imine (C=N–C) groups is 1. The number of unbranched alkanes of at least 4 members (excludes halogenated alkanes) is 2. The van der Waals surface area contributed by atoms with Crippen LogP contribution in [0.15, 0.2) is 35.3 Å². The minimum absolute atomic E-state index is 0. The van der Waals surface area contributed by atoms with E-state index in [4.69, 9.17) is 0 Å². The molecule has 0 aliphatic carbocycles. The van der Waals surface area contributed by atoms with E-state index in [1.54, 1.807) is 7.05 Å². The number of halogens is 1. The van der Waals surface area contributed by atoms with Crippen LogP contribution in [0.3, 0.4) is 0 Å². The number of para-hydroxylation sites is 1. The van der Waals surface area contributed by atoms with Gasteiger partial charge in [0, 0.05) is 45.5 Å². The summed E-state index contributed by atoms with van der Waals surface area (Å²) in [6, 6.07) is 10.4. The van der Waals surface area contributed by atoms with Crippen molar-refractivity contribution in [3.63, 3.8) is 0 Å². The lowest BCUT2D eigenvalue weighted by molar-refractivity contribution is -0.130. The Morgan fingerprint density at radius 1 is 1.08 bits per heavy atom. The van der Waals surface area contributed by atoms with Crippen molar-refractivity contribution in [1.82, 2.24) is 15.5 Å². The van der Waals surface area contributed by atoms with Crippen LogP contribution in [0.1, 0.15) is 26.2 Å². The molecule has 6 nitrogen and oxygen atoms in total. The monoisotopic (exact) mass is 473 g/mol. The van der Waals surface area contributed by atoms with Gasteiger partial charge in [-0.25, -0.2) is 0 Å². The second-order valence-electron chi connectivity index (χ2n) is 6.26. The largest absolute Gasteiger partial charge is 0.368 e. The molecular weight excluding hydrogens is 441 g/mol. The summed E-state index contributed by atoms with van der Waals surface area (Å²) < 4.78 is 0. The average Bonchev–Trinajstić information content (AvgIpc) is 2.68. The fraction of sp³-hybridized carbons (Fsp3) is 0.579. The first kappa shape index (κ1) is 22.5. The molecule has 2 rings (SSSR count).